The average molecular weight is 358 g/mol. The number of para-hydroxylation sites is 1. The van der Waals surface area contributed by atoms with Crippen LogP contribution in [0.3, 0.4) is 0 Å². The molecule has 0 radical (unpaired) electrons. The van der Waals surface area contributed by atoms with Crippen molar-refractivity contribution in [1.29, 1.82) is 0 Å². The Hall–Kier alpha value is -3.00. The molecule has 0 aliphatic heterocycles. The number of hydrogen-bond donors (Lipinski definition) is 1. The van der Waals surface area contributed by atoms with E-state index in [-0.39, 0.29) is 18.5 Å². The van der Waals surface area contributed by atoms with E-state index in [9.17, 15) is 9.18 Å². The lowest BCUT2D eigenvalue weighted by Crippen LogP contribution is -2.31. The molecule has 0 unspecified atom stereocenters. The summed E-state index contributed by atoms with van der Waals surface area (Å²) in [5, 5.41) is 11.5. The number of anilines is 2. The van der Waals surface area contributed by atoms with Gasteiger partial charge in [-0.15, -0.1) is 10.2 Å². The standard InChI is InChI=1S/C17H15FN4O2S/c1-22(13-7-3-2-4-8-13)17(23)19-16-21-20-15(25-16)11-24-14-9-5-6-12(18)10-14/h2-10H,11H2,1H3,(H,19,21,23). The molecule has 2 aromatic carbocycles. The maximum absolute atomic E-state index is 13.1. The van der Waals surface area contributed by atoms with Gasteiger partial charge in [-0.1, -0.05) is 35.6 Å². The van der Waals surface area contributed by atoms with Crippen LogP contribution in [0.2, 0.25) is 0 Å². The minimum Gasteiger partial charge on any atom is -0.486 e. The second kappa shape index (κ2) is 7.71. The number of carbonyl (C=O) groups excluding carboxylic acids is 1. The zero-order chi connectivity index (χ0) is 17.6. The molecule has 8 heteroatoms. The Balaban J connectivity index is 1.57. The first-order chi connectivity index (χ1) is 12.1. The molecule has 0 saturated carbocycles. The third-order valence-corrected chi connectivity index (χ3v) is 4.10. The lowest BCUT2D eigenvalue weighted by Gasteiger charge is -2.16. The molecule has 0 fully saturated rings. The molecule has 0 aliphatic rings. The summed E-state index contributed by atoms with van der Waals surface area (Å²) in [6.45, 7) is 0.144. The van der Waals surface area contributed by atoms with Gasteiger partial charge in [-0.2, -0.15) is 0 Å². The first-order valence-corrected chi connectivity index (χ1v) is 8.24. The quantitative estimate of drug-likeness (QED) is 0.750. The zero-order valence-electron chi connectivity index (χ0n) is 13.3. The number of halogens is 1. The smallest absolute Gasteiger partial charge is 0.327 e. The summed E-state index contributed by atoms with van der Waals surface area (Å²) < 4.78 is 18.6. The van der Waals surface area contributed by atoms with E-state index in [0.717, 1.165) is 5.69 Å². The number of ether oxygens (including phenoxy) is 1. The molecule has 1 aromatic heterocycles. The summed E-state index contributed by atoms with van der Waals surface area (Å²) in [6.07, 6.45) is 0. The number of aromatic nitrogens is 2. The summed E-state index contributed by atoms with van der Waals surface area (Å²) in [5.74, 6) is 0.0382. The number of rotatable bonds is 5. The normalized spacial score (nSPS) is 10.3. The van der Waals surface area contributed by atoms with Crippen molar-refractivity contribution in [3.63, 3.8) is 0 Å². The predicted molar refractivity (Wildman–Crippen MR) is 94.5 cm³/mol. The van der Waals surface area contributed by atoms with Crippen LogP contribution in [0, 0.1) is 5.82 Å². The van der Waals surface area contributed by atoms with E-state index in [0.29, 0.717) is 15.9 Å². The Kier molecular flexibility index (Phi) is 5.20. The lowest BCUT2D eigenvalue weighted by molar-refractivity contribution is 0.258. The summed E-state index contributed by atoms with van der Waals surface area (Å²) in [6, 6.07) is 14.8. The summed E-state index contributed by atoms with van der Waals surface area (Å²) in [7, 11) is 1.67. The highest BCUT2D eigenvalue weighted by Crippen LogP contribution is 2.20. The van der Waals surface area contributed by atoms with Crippen molar-refractivity contribution in [2.75, 3.05) is 17.3 Å². The number of hydrogen-bond acceptors (Lipinski definition) is 5. The van der Waals surface area contributed by atoms with Crippen LogP contribution in [0.15, 0.2) is 54.6 Å². The van der Waals surface area contributed by atoms with Crippen molar-refractivity contribution < 1.29 is 13.9 Å². The number of carbonyl (C=O) groups is 1. The van der Waals surface area contributed by atoms with Crippen LogP contribution in [0.1, 0.15) is 5.01 Å². The van der Waals surface area contributed by atoms with Crippen molar-refractivity contribution in [3.8, 4) is 5.75 Å². The largest absolute Gasteiger partial charge is 0.486 e. The number of benzene rings is 2. The van der Waals surface area contributed by atoms with Gasteiger partial charge >= 0.3 is 6.03 Å². The van der Waals surface area contributed by atoms with Gasteiger partial charge in [0.2, 0.25) is 5.13 Å². The molecule has 128 valence electrons. The van der Waals surface area contributed by atoms with Gasteiger partial charge in [0.25, 0.3) is 0 Å². The van der Waals surface area contributed by atoms with Crippen LogP contribution in [0.5, 0.6) is 5.75 Å². The fraction of sp³-hybridized carbons (Fsp3) is 0.118. The molecule has 25 heavy (non-hydrogen) atoms. The molecule has 0 aliphatic carbocycles. The summed E-state index contributed by atoms with van der Waals surface area (Å²) in [4.78, 5) is 13.7. The molecule has 0 saturated heterocycles. The maximum Gasteiger partial charge on any atom is 0.327 e. The molecule has 2 amide bonds. The highest BCUT2D eigenvalue weighted by molar-refractivity contribution is 7.15. The molecule has 1 heterocycles. The molecular formula is C17H15FN4O2S. The van der Waals surface area contributed by atoms with Crippen molar-refractivity contribution in [2.45, 2.75) is 6.61 Å². The Bertz CT molecular complexity index is 857. The Morgan fingerprint density at radius 3 is 2.76 bits per heavy atom. The van der Waals surface area contributed by atoms with E-state index in [1.54, 1.807) is 19.2 Å². The SMILES string of the molecule is CN(C(=O)Nc1nnc(COc2cccc(F)c2)s1)c1ccccc1. The molecule has 3 rings (SSSR count). The second-order valence-electron chi connectivity index (χ2n) is 5.07. The van der Waals surface area contributed by atoms with Gasteiger partial charge < -0.3 is 4.74 Å². The lowest BCUT2D eigenvalue weighted by atomic mass is 10.3. The average Bonchev–Trinajstić information content (AvgIpc) is 3.07. The van der Waals surface area contributed by atoms with Crippen LogP contribution in [-0.4, -0.2) is 23.3 Å². The van der Waals surface area contributed by atoms with Gasteiger partial charge in [0.15, 0.2) is 5.01 Å². The number of amides is 2. The predicted octanol–water partition coefficient (Wildman–Crippen LogP) is 3.92. The summed E-state index contributed by atoms with van der Waals surface area (Å²) in [5.41, 5.74) is 0.763. The van der Waals surface area contributed by atoms with Crippen molar-refractivity contribution >= 4 is 28.2 Å². The van der Waals surface area contributed by atoms with Gasteiger partial charge in [0.1, 0.15) is 18.2 Å². The van der Waals surface area contributed by atoms with Crippen molar-refractivity contribution in [2.24, 2.45) is 0 Å². The summed E-state index contributed by atoms with van der Waals surface area (Å²) >= 11 is 1.20. The number of nitrogens with one attached hydrogen (secondary N) is 1. The molecule has 0 atom stereocenters. The monoisotopic (exact) mass is 358 g/mol. The Labute approximate surface area is 147 Å². The number of urea groups is 1. The van der Waals surface area contributed by atoms with Crippen LogP contribution < -0.4 is 15.0 Å². The maximum atomic E-state index is 13.1. The molecular weight excluding hydrogens is 343 g/mol. The third-order valence-electron chi connectivity index (χ3n) is 3.29. The van der Waals surface area contributed by atoms with Crippen LogP contribution in [0.4, 0.5) is 20.0 Å². The molecule has 0 bridgehead atoms. The Morgan fingerprint density at radius 2 is 2.00 bits per heavy atom. The van der Waals surface area contributed by atoms with Gasteiger partial charge in [0, 0.05) is 18.8 Å². The van der Waals surface area contributed by atoms with E-state index in [2.05, 4.69) is 15.5 Å². The topological polar surface area (TPSA) is 67.4 Å². The van der Waals surface area contributed by atoms with Gasteiger partial charge in [-0.25, -0.2) is 9.18 Å². The highest BCUT2D eigenvalue weighted by Gasteiger charge is 2.13. The molecule has 1 N–H and O–H groups in total. The molecule has 6 nitrogen and oxygen atoms in total. The highest BCUT2D eigenvalue weighted by atomic mass is 32.1. The fourth-order valence-corrected chi connectivity index (χ4v) is 2.65. The van der Waals surface area contributed by atoms with Crippen LogP contribution >= 0.6 is 11.3 Å². The van der Waals surface area contributed by atoms with Crippen LogP contribution in [-0.2, 0) is 6.61 Å². The van der Waals surface area contributed by atoms with E-state index >= 15 is 0 Å². The van der Waals surface area contributed by atoms with Gasteiger partial charge in [0.05, 0.1) is 0 Å². The zero-order valence-corrected chi connectivity index (χ0v) is 14.2. The second-order valence-corrected chi connectivity index (χ2v) is 6.13. The first kappa shape index (κ1) is 16.8. The van der Waals surface area contributed by atoms with Crippen molar-refractivity contribution in [1.82, 2.24) is 10.2 Å². The van der Waals surface area contributed by atoms with E-state index < -0.39 is 0 Å². The van der Waals surface area contributed by atoms with Crippen molar-refractivity contribution in [3.05, 3.63) is 65.4 Å². The molecule has 3 aromatic rings. The van der Waals surface area contributed by atoms with Crippen LogP contribution in [0.25, 0.3) is 0 Å². The van der Waals surface area contributed by atoms with E-state index in [1.807, 2.05) is 30.3 Å². The minimum absolute atomic E-state index is 0.144. The third kappa shape index (κ3) is 4.51. The molecule has 0 spiro atoms. The van der Waals surface area contributed by atoms with E-state index in [1.165, 1.54) is 28.4 Å². The van der Waals surface area contributed by atoms with E-state index in [4.69, 9.17) is 4.74 Å². The first-order valence-electron chi connectivity index (χ1n) is 7.42. The van der Waals surface area contributed by atoms with Gasteiger partial charge in [-0.05, 0) is 24.3 Å². The minimum atomic E-state index is -0.369. The fourth-order valence-electron chi connectivity index (χ4n) is 2.01. The van der Waals surface area contributed by atoms with Gasteiger partial charge in [-0.3, -0.25) is 10.2 Å². The Morgan fingerprint density at radius 1 is 1.20 bits per heavy atom. The number of nitrogens with zero attached hydrogens (tertiary/aromatic N) is 3.